The summed E-state index contributed by atoms with van der Waals surface area (Å²) in [5, 5.41) is 4.12. The molecule has 0 bridgehead atoms. The number of halogens is 1. The van der Waals surface area contributed by atoms with Crippen molar-refractivity contribution in [1.82, 2.24) is 4.98 Å². The average molecular weight is 321 g/mol. The van der Waals surface area contributed by atoms with Crippen LogP contribution in [0, 0.1) is 0 Å². The third kappa shape index (κ3) is 3.45. The van der Waals surface area contributed by atoms with Gasteiger partial charge in [0.05, 0.1) is 10.2 Å². The number of nitrogens with one attached hydrogen (secondary N) is 1. The second kappa shape index (κ2) is 6.48. The molecule has 3 rings (SSSR count). The number of hydrogen-bond acceptors (Lipinski definition) is 4. The van der Waals surface area contributed by atoms with Gasteiger partial charge in [0.25, 0.3) is 0 Å². The van der Waals surface area contributed by atoms with E-state index in [4.69, 9.17) is 11.6 Å². The first-order chi connectivity index (χ1) is 9.81. The summed E-state index contributed by atoms with van der Waals surface area (Å²) in [5.74, 6) is 0.979. The van der Waals surface area contributed by atoms with Crippen molar-refractivity contribution in [2.75, 3.05) is 17.6 Å². The van der Waals surface area contributed by atoms with E-state index < -0.39 is 0 Å². The quantitative estimate of drug-likeness (QED) is 0.519. The van der Waals surface area contributed by atoms with Gasteiger partial charge >= 0.3 is 0 Å². The maximum absolute atomic E-state index is 5.95. The number of nitrogens with zero attached hydrogens (tertiary/aromatic N) is 1. The van der Waals surface area contributed by atoms with Gasteiger partial charge in [-0.2, -0.15) is 0 Å². The highest BCUT2D eigenvalue weighted by Crippen LogP contribution is 2.29. The Kier molecular flexibility index (Phi) is 4.45. The van der Waals surface area contributed by atoms with E-state index in [0.717, 1.165) is 32.9 Å². The number of aromatic nitrogens is 1. The number of rotatable bonds is 5. The largest absolute Gasteiger partial charge is 0.384 e. The molecule has 0 spiro atoms. The second-order valence-corrected chi connectivity index (χ2v) is 7.04. The molecule has 0 radical (unpaired) electrons. The third-order valence-electron chi connectivity index (χ3n) is 2.76. The molecule has 0 saturated carbocycles. The summed E-state index contributed by atoms with van der Waals surface area (Å²) in [6.07, 6.45) is 0. The summed E-state index contributed by atoms with van der Waals surface area (Å²) in [6, 6.07) is 16.0. The smallest absolute Gasteiger partial charge is 0.151 e. The first kappa shape index (κ1) is 13.7. The molecule has 0 amide bonds. The van der Waals surface area contributed by atoms with Crippen LogP contribution in [0.2, 0.25) is 5.02 Å². The summed E-state index contributed by atoms with van der Waals surface area (Å²) in [7, 11) is 0. The van der Waals surface area contributed by atoms with Crippen molar-refractivity contribution in [3.8, 4) is 0 Å². The molecule has 2 aromatic carbocycles. The molecule has 0 aliphatic heterocycles. The fourth-order valence-corrected chi connectivity index (χ4v) is 4.03. The van der Waals surface area contributed by atoms with Crippen molar-refractivity contribution in [2.24, 2.45) is 0 Å². The van der Waals surface area contributed by atoms with E-state index in [2.05, 4.69) is 28.5 Å². The Hall–Kier alpha value is -1.23. The molecule has 0 saturated heterocycles. The minimum atomic E-state index is 0.758. The van der Waals surface area contributed by atoms with Gasteiger partial charge in [0.15, 0.2) is 4.34 Å². The molecule has 102 valence electrons. The summed E-state index contributed by atoms with van der Waals surface area (Å²) in [4.78, 5) is 4.60. The number of fused-ring (bicyclic) bond motifs is 1. The molecule has 1 heterocycles. The number of hydrogen-bond donors (Lipinski definition) is 1. The van der Waals surface area contributed by atoms with Crippen LogP contribution in [0.4, 0.5) is 5.69 Å². The van der Waals surface area contributed by atoms with Gasteiger partial charge in [0.1, 0.15) is 0 Å². The van der Waals surface area contributed by atoms with E-state index >= 15 is 0 Å². The summed E-state index contributed by atoms with van der Waals surface area (Å²) in [5.41, 5.74) is 2.14. The molecule has 0 fully saturated rings. The standard InChI is InChI=1S/C15H13ClN2S2/c16-11-4-3-5-12(10-11)17-8-9-19-15-18-13-6-1-2-7-14(13)20-15/h1-7,10,17H,8-9H2. The zero-order valence-corrected chi connectivity index (χ0v) is 13.1. The Balaban J connectivity index is 1.52. The molecule has 0 aliphatic carbocycles. The molecule has 0 atom stereocenters. The van der Waals surface area contributed by atoms with Crippen molar-refractivity contribution >= 4 is 50.6 Å². The maximum atomic E-state index is 5.95. The first-order valence-corrected chi connectivity index (χ1v) is 8.47. The highest BCUT2D eigenvalue weighted by molar-refractivity contribution is 8.01. The Labute approximate surface area is 131 Å². The van der Waals surface area contributed by atoms with Crippen LogP contribution >= 0.6 is 34.7 Å². The lowest BCUT2D eigenvalue weighted by Gasteiger charge is -2.05. The summed E-state index contributed by atoms with van der Waals surface area (Å²) in [6.45, 7) is 0.890. The topological polar surface area (TPSA) is 24.9 Å². The van der Waals surface area contributed by atoms with Gasteiger partial charge in [-0.15, -0.1) is 11.3 Å². The van der Waals surface area contributed by atoms with Gasteiger partial charge in [-0.1, -0.05) is 41.6 Å². The van der Waals surface area contributed by atoms with Gasteiger partial charge in [-0.3, -0.25) is 0 Å². The molecular weight excluding hydrogens is 308 g/mol. The van der Waals surface area contributed by atoms with Crippen LogP contribution in [-0.2, 0) is 0 Å². The fourth-order valence-electron chi connectivity index (χ4n) is 1.84. The molecule has 5 heteroatoms. The Morgan fingerprint density at radius 2 is 2.05 bits per heavy atom. The Bertz CT molecular complexity index is 679. The van der Waals surface area contributed by atoms with Crippen LogP contribution in [0.1, 0.15) is 0 Å². The second-order valence-electron chi connectivity index (χ2n) is 4.23. The molecule has 3 aromatic rings. The van der Waals surface area contributed by atoms with Crippen LogP contribution in [0.3, 0.4) is 0 Å². The molecule has 1 N–H and O–H groups in total. The highest BCUT2D eigenvalue weighted by atomic mass is 35.5. The molecular formula is C15H13ClN2S2. The van der Waals surface area contributed by atoms with Gasteiger partial charge in [-0.25, -0.2) is 4.98 Å². The van der Waals surface area contributed by atoms with Gasteiger partial charge < -0.3 is 5.32 Å². The highest BCUT2D eigenvalue weighted by Gasteiger charge is 2.03. The predicted octanol–water partition coefficient (Wildman–Crippen LogP) is 5.15. The Morgan fingerprint density at radius 1 is 1.15 bits per heavy atom. The van der Waals surface area contributed by atoms with Crippen LogP contribution in [-0.4, -0.2) is 17.3 Å². The minimum absolute atomic E-state index is 0.758. The monoisotopic (exact) mass is 320 g/mol. The normalized spacial score (nSPS) is 10.8. The van der Waals surface area contributed by atoms with Crippen LogP contribution in [0.15, 0.2) is 52.9 Å². The SMILES string of the molecule is Clc1cccc(NCCSc2nc3ccccc3s2)c1. The van der Waals surface area contributed by atoms with E-state index in [1.165, 1.54) is 4.70 Å². The van der Waals surface area contributed by atoms with Crippen molar-refractivity contribution in [3.05, 3.63) is 53.6 Å². The van der Waals surface area contributed by atoms with Crippen molar-refractivity contribution in [2.45, 2.75) is 4.34 Å². The summed E-state index contributed by atoms with van der Waals surface area (Å²) < 4.78 is 2.37. The van der Waals surface area contributed by atoms with Gasteiger partial charge in [0.2, 0.25) is 0 Å². The van der Waals surface area contributed by atoms with Crippen LogP contribution in [0.25, 0.3) is 10.2 Å². The van der Waals surface area contributed by atoms with E-state index in [9.17, 15) is 0 Å². The van der Waals surface area contributed by atoms with Crippen LogP contribution in [0.5, 0.6) is 0 Å². The van der Waals surface area contributed by atoms with Crippen molar-refractivity contribution < 1.29 is 0 Å². The number of anilines is 1. The molecule has 0 unspecified atom stereocenters. The predicted molar refractivity (Wildman–Crippen MR) is 90.3 cm³/mol. The fraction of sp³-hybridized carbons (Fsp3) is 0.133. The lowest BCUT2D eigenvalue weighted by atomic mass is 10.3. The molecule has 1 aromatic heterocycles. The first-order valence-electron chi connectivity index (χ1n) is 6.29. The maximum Gasteiger partial charge on any atom is 0.151 e. The number of thiazole rings is 1. The van der Waals surface area contributed by atoms with Gasteiger partial charge in [0, 0.05) is 23.0 Å². The van der Waals surface area contributed by atoms with E-state index in [0.29, 0.717) is 0 Å². The van der Waals surface area contributed by atoms with Crippen molar-refractivity contribution in [3.63, 3.8) is 0 Å². The zero-order chi connectivity index (χ0) is 13.8. The number of thioether (sulfide) groups is 1. The zero-order valence-electron chi connectivity index (χ0n) is 10.7. The number of para-hydroxylation sites is 1. The lowest BCUT2D eigenvalue weighted by molar-refractivity contribution is 1.21. The molecule has 0 aliphatic rings. The van der Waals surface area contributed by atoms with Gasteiger partial charge in [-0.05, 0) is 30.3 Å². The number of benzene rings is 2. The molecule has 20 heavy (non-hydrogen) atoms. The Morgan fingerprint density at radius 3 is 2.90 bits per heavy atom. The molecule has 2 nitrogen and oxygen atoms in total. The van der Waals surface area contributed by atoms with E-state index in [1.807, 2.05) is 30.3 Å². The average Bonchev–Trinajstić information content (AvgIpc) is 2.86. The van der Waals surface area contributed by atoms with E-state index in [1.54, 1.807) is 23.1 Å². The summed E-state index contributed by atoms with van der Waals surface area (Å²) >= 11 is 9.48. The van der Waals surface area contributed by atoms with Crippen molar-refractivity contribution in [1.29, 1.82) is 0 Å². The lowest BCUT2D eigenvalue weighted by Crippen LogP contribution is -2.03. The van der Waals surface area contributed by atoms with E-state index in [-0.39, 0.29) is 0 Å². The minimum Gasteiger partial charge on any atom is -0.384 e. The third-order valence-corrected chi connectivity index (χ3v) is 5.17. The van der Waals surface area contributed by atoms with Crippen LogP contribution < -0.4 is 5.32 Å².